The Morgan fingerprint density at radius 1 is 1.07 bits per heavy atom. The zero-order chi connectivity index (χ0) is 21.7. The third-order valence-electron chi connectivity index (χ3n) is 10.5. The Bertz CT molecular complexity index is 674. The van der Waals surface area contributed by atoms with Gasteiger partial charge in [0, 0.05) is 18.3 Å². The average molecular weight is 419 g/mol. The summed E-state index contributed by atoms with van der Waals surface area (Å²) < 4.78 is 4.82. The van der Waals surface area contributed by atoms with Gasteiger partial charge in [-0.3, -0.25) is 9.59 Å². The molecule has 4 nitrogen and oxygen atoms in total. The number of carbonyl (C=O) groups is 2. The Morgan fingerprint density at radius 2 is 1.77 bits per heavy atom. The fraction of sp³-hybridized carbons (Fsp3) is 0.923. The Balaban J connectivity index is 1.56. The Hall–Kier alpha value is -0.900. The quantitative estimate of drug-likeness (QED) is 0.626. The van der Waals surface area contributed by atoms with E-state index in [1.807, 2.05) is 0 Å². The molecule has 0 spiro atoms. The topological polar surface area (TPSA) is 63.6 Å². The molecular formula is C26H42O4. The van der Waals surface area contributed by atoms with Crippen molar-refractivity contribution in [3.63, 3.8) is 0 Å². The van der Waals surface area contributed by atoms with Crippen LogP contribution in [0.25, 0.3) is 0 Å². The van der Waals surface area contributed by atoms with Gasteiger partial charge >= 0.3 is 5.97 Å². The van der Waals surface area contributed by atoms with Gasteiger partial charge in [0.1, 0.15) is 5.78 Å². The van der Waals surface area contributed by atoms with E-state index in [0.29, 0.717) is 35.9 Å². The van der Waals surface area contributed by atoms with E-state index in [4.69, 9.17) is 4.74 Å². The first-order valence-electron chi connectivity index (χ1n) is 12.5. The lowest BCUT2D eigenvalue weighted by Gasteiger charge is -2.62. The zero-order valence-corrected chi connectivity index (χ0v) is 19.5. The third kappa shape index (κ3) is 3.36. The Labute approximate surface area is 182 Å². The maximum Gasteiger partial charge on any atom is 0.305 e. The standard InChI is InChI=1S/C26H42O4/c1-5-18-21-15-17(27)11-13-26(21,3)20-12-14-25(2)16(7-6-8-22(28)30-4)9-10-19(25)23(20)24(18)29/h16-21,23,27H,5-15H2,1-4H3/t16-,17+,18+,19?,20?,21-,23?,25+,26+/m0/s1. The van der Waals surface area contributed by atoms with Gasteiger partial charge < -0.3 is 9.84 Å². The molecule has 0 saturated heterocycles. The molecule has 0 aliphatic heterocycles. The number of ether oxygens (including phenoxy) is 1. The smallest absolute Gasteiger partial charge is 0.305 e. The minimum atomic E-state index is -0.221. The highest BCUT2D eigenvalue weighted by Crippen LogP contribution is 2.68. The van der Waals surface area contributed by atoms with Crippen molar-refractivity contribution >= 4 is 11.8 Å². The second-order valence-electron chi connectivity index (χ2n) is 11.5. The number of carbonyl (C=O) groups excluding carboxylic acids is 2. The molecule has 4 aliphatic carbocycles. The zero-order valence-electron chi connectivity index (χ0n) is 19.5. The normalized spacial score (nSPS) is 47.9. The molecule has 4 aliphatic rings. The molecule has 4 saturated carbocycles. The second-order valence-corrected chi connectivity index (χ2v) is 11.5. The molecule has 0 bridgehead atoms. The van der Waals surface area contributed by atoms with E-state index >= 15 is 0 Å². The molecule has 1 N–H and O–H groups in total. The molecule has 4 rings (SSSR count). The number of ketones is 1. The molecule has 0 amide bonds. The first-order chi connectivity index (χ1) is 14.3. The largest absolute Gasteiger partial charge is 0.469 e. The van der Waals surface area contributed by atoms with Crippen molar-refractivity contribution in [2.75, 3.05) is 7.11 Å². The SMILES string of the molecule is CC[C@H]1C(=O)C2C3CC[C@H](CCCC(=O)OC)[C@@]3(C)CCC2[C@@]2(C)CC[C@@H](O)C[C@@H]12. The number of aliphatic hydroxyl groups excluding tert-OH is 1. The van der Waals surface area contributed by atoms with Crippen molar-refractivity contribution in [1.82, 2.24) is 0 Å². The number of aliphatic hydroxyl groups is 1. The Morgan fingerprint density at radius 3 is 2.47 bits per heavy atom. The first-order valence-corrected chi connectivity index (χ1v) is 12.5. The van der Waals surface area contributed by atoms with Crippen molar-refractivity contribution in [3.05, 3.63) is 0 Å². The number of fused-ring (bicyclic) bond motifs is 5. The molecular weight excluding hydrogens is 376 g/mol. The summed E-state index contributed by atoms with van der Waals surface area (Å²) >= 11 is 0. The minimum absolute atomic E-state index is 0.106. The highest BCUT2D eigenvalue weighted by Gasteiger charge is 2.64. The lowest BCUT2D eigenvalue weighted by molar-refractivity contribution is -0.172. The van der Waals surface area contributed by atoms with Crippen LogP contribution in [0.2, 0.25) is 0 Å². The first kappa shape index (κ1) is 22.3. The van der Waals surface area contributed by atoms with Gasteiger partial charge in [-0.2, -0.15) is 0 Å². The van der Waals surface area contributed by atoms with Gasteiger partial charge in [0.05, 0.1) is 13.2 Å². The highest BCUT2D eigenvalue weighted by atomic mass is 16.5. The minimum Gasteiger partial charge on any atom is -0.469 e. The van der Waals surface area contributed by atoms with Gasteiger partial charge in [-0.05, 0) is 98.7 Å². The van der Waals surface area contributed by atoms with E-state index in [0.717, 1.165) is 44.9 Å². The summed E-state index contributed by atoms with van der Waals surface area (Å²) in [7, 11) is 1.47. The van der Waals surface area contributed by atoms with E-state index in [1.54, 1.807) is 0 Å². The van der Waals surface area contributed by atoms with Crippen LogP contribution in [-0.4, -0.2) is 30.1 Å². The molecule has 0 aromatic heterocycles. The number of rotatable bonds is 5. The van der Waals surface area contributed by atoms with Crippen molar-refractivity contribution < 1.29 is 19.4 Å². The molecule has 9 atom stereocenters. The van der Waals surface area contributed by atoms with Crippen LogP contribution in [0.15, 0.2) is 0 Å². The summed E-state index contributed by atoms with van der Waals surface area (Å²) in [6, 6.07) is 0. The highest BCUT2D eigenvalue weighted by molar-refractivity contribution is 5.86. The lowest BCUT2D eigenvalue weighted by Crippen LogP contribution is -2.60. The van der Waals surface area contributed by atoms with Crippen LogP contribution in [0.4, 0.5) is 0 Å². The molecule has 3 unspecified atom stereocenters. The van der Waals surface area contributed by atoms with E-state index in [2.05, 4.69) is 20.8 Å². The number of Topliss-reactive ketones (excluding diaryl/α,β-unsaturated/α-hetero) is 1. The molecule has 0 aromatic rings. The summed E-state index contributed by atoms with van der Waals surface area (Å²) in [6.45, 7) is 7.09. The predicted octanol–water partition coefficient (Wildman–Crippen LogP) is 5.16. The third-order valence-corrected chi connectivity index (χ3v) is 10.5. The molecule has 170 valence electrons. The maximum absolute atomic E-state index is 13.9. The number of hydrogen-bond donors (Lipinski definition) is 1. The van der Waals surface area contributed by atoms with E-state index in [-0.39, 0.29) is 34.7 Å². The number of methoxy groups -OCH3 is 1. The molecule has 0 heterocycles. The molecule has 0 radical (unpaired) electrons. The van der Waals surface area contributed by atoms with Gasteiger partial charge in [0.25, 0.3) is 0 Å². The van der Waals surface area contributed by atoms with Crippen molar-refractivity contribution in [2.24, 2.45) is 46.3 Å². The van der Waals surface area contributed by atoms with Crippen LogP contribution in [0.3, 0.4) is 0 Å². The number of esters is 1. The summed E-state index contributed by atoms with van der Waals surface area (Å²) in [4.78, 5) is 25.4. The van der Waals surface area contributed by atoms with E-state index < -0.39 is 0 Å². The predicted molar refractivity (Wildman–Crippen MR) is 117 cm³/mol. The van der Waals surface area contributed by atoms with Crippen LogP contribution in [0.1, 0.15) is 91.4 Å². The van der Waals surface area contributed by atoms with Crippen LogP contribution < -0.4 is 0 Å². The average Bonchev–Trinajstić information content (AvgIpc) is 3.06. The van der Waals surface area contributed by atoms with Gasteiger partial charge in [-0.1, -0.05) is 20.8 Å². The summed E-state index contributed by atoms with van der Waals surface area (Å²) in [5, 5.41) is 10.4. The van der Waals surface area contributed by atoms with Crippen LogP contribution in [-0.2, 0) is 14.3 Å². The number of hydrogen-bond acceptors (Lipinski definition) is 4. The van der Waals surface area contributed by atoms with Gasteiger partial charge in [0.15, 0.2) is 0 Å². The van der Waals surface area contributed by atoms with E-state index in [9.17, 15) is 14.7 Å². The summed E-state index contributed by atoms with van der Waals surface area (Å²) in [6.07, 6.45) is 10.7. The van der Waals surface area contributed by atoms with Crippen LogP contribution in [0, 0.1) is 46.3 Å². The van der Waals surface area contributed by atoms with Crippen molar-refractivity contribution in [3.8, 4) is 0 Å². The van der Waals surface area contributed by atoms with Crippen LogP contribution in [0.5, 0.6) is 0 Å². The van der Waals surface area contributed by atoms with Gasteiger partial charge in [-0.25, -0.2) is 0 Å². The summed E-state index contributed by atoms with van der Waals surface area (Å²) in [5.41, 5.74) is 0.450. The van der Waals surface area contributed by atoms with Crippen LogP contribution >= 0.6 is 0 Å². The monoisotopic (exact) mass is 418 g/mol. The second kappa shape index (κ2) is 8.22. The lowest BCUT2D eigenvalue weighted by atomic mass is 9.42. The molecule has 30 heavy (non-hydrogen) atoms. The van der Waals surface area contributed by atoms with Crippen molar-refractivity contribution in [1.29, 1.82) is 0 Å². The van der Waals surface area contributed by atoms with Gasteiger partial charge in [-0.15, -0.1) is 0 Å². The molecule has 4 fully saturated rings. The fourth-order valence-corrected chi connectivity index (χ4v) is 8.81. The summed E-state index contributed by atoms with van der Waals surface area (Å²) in [5.74, 6) is 2.77. The fourth-order valence-electron chi connectivity index (χ4n) is 8.81. The Kier molecular flexibility index (Phi) is 6.11. The van der Waals surface area contributed by atoms with Gasteiger partial charge in [0.2, 0.25) is 0 Å². The van der Waals surface area contributed by atoms with Crippen molar-refractivity contribution in [2.45, 2.75) is 97.5 Å². The molecule has 4 heteroatoms. The van der Waals surface area contributed by atoms with E-state index in [1.165, 1.54) is 26.4 Å². The maximum atomic E-state index is 13.9. The molecule has 0 aromatic carbocycles.